The molecule has 16 heavy (non-hydrogen) atoms. The first kappa shape index (κ1) is 13.5. The molecule has 0 aliphatic rings. The molecule has 0 fully saturated rings. The molecule has 0 radical (unpaired) electrons. The summed E-state index contributed by atoms with van der Waals surface area (Å²) >= 11 is 6.01. The van der Waals surface area contributed by atoms with Gasteiger partial charge in [-0.15, -0.1) is 0 Å². The summed E-state index contributed by atoms with van der Waals surface area (Å²) in [5.41, 5.74) is 0.651. The molecule has 1 atom stereocenters. The van der Waals surface area contributed by atoms with Crippen LogP contribution in [0.2, 0.25) is 5.02 Å². The maximum Gasteiger partial charge on any atom is 0.127 e. The second-order valence-electron chi connectivity index (χ2n) is 4.12. The second kappa shape index (κ2) is 6.87. The molecule has 0 amide bonds. The predicted molar refractivity (Wildman–Crippen MR) is 67.4 cm³/mol. The molecular weight excluding hydrogens is 225 g/mol. The van der Waals surface area contributed by atoms with Crippen molar-refractivity contribution in [2.24, 2.45) is 5.92 Å². The Morgan fingerprint density at radius 1 is 1.44 bits per heavy atom. The fourth-order valence-corrected chi connectivity index (χ4v) is 2.23. The molecule has 0 heterocycles. The Balaban J connectivity index is 2.76. The normalized spacial score (nSPS) is 12.8. The van der Waals surface area contributed by atoms with Gasteiger partial charge in [-0.25, -0.2) is 4.39 Å². The highest BCUT2D eigenvalue weighted by atomic mass is 35.5. The van der Waals surface area contributed by atoms with Crippen molar-refractivity contribution >= 4 is 11.6 Å². The Hall–Kier alpha value is -0.600. The minimum absolute atomic E-state index is 0.190. The van der Waals surface area contributed by atoms with E-state index in [1.807, 2.05) is 7.05 Å². The van der Waals surface area contributed by atoms with Crippen LogP contribution in [0, 0.1) is 11.7 Å². The molecular formula is C13H19ClFN. The van der Waals surface area contributed by atoms with Gasteiger partial charge in [-0.3, -0.25) is 0 Å². The first-order valence-corrected chi connectivity index (χ1v) is 6.14. The lowest BCUT2D eigenvalue weighted by Gasteiger charge is -2.16. The van der Waals surface area contributed by atoms with Gasteiger partial charge in [0.1, 0.15) is 5.82 Å². The number of nitrogens with one attached hydrogen (secondary N) is 1. The molecule has 0 spiro atoms. The summed E-state index contributed by atoms with van der Waals surface area (Å²) in [6.45, 7) is 3.05. The van der Waals surface area contributed by atoms with E-state index in [4.69, 9.17) is 11.6 Å². The Labute approximate surface area is 102 Å². The molecule has 1 aromatic rings. The van der Waals surface area contributed by atoms with Crippen molar-refractivity contribution in [2.75, 3.05) is 13.6 Å². The van der Waals surface area contributed by atoms with Crippen molar-refractivity contribution in [3.8, 4) is 0 Å². The standard InChI is InChI=1S/C13H19ClFN/c1-3-5-10(9-16-2)8-11-12(14)6-4-7-13(11)15/h4,6-7,10,16H,3,5,8-9H2,1-2H3. The summed E-state index contributed by atoms with van der Waals surface area (Å²) in [5, 5.41) is 3.69. The molecule has 0 aliphatic heterocycles. The number of rotatable bonds is 6. The van der Waals surface area contributed by atoms with Gasteiger partial charge in [-0.1, -0.05) is 31.0 Å². The molecule has 0 aliphatic carbocycles. The fourth-order valence-electron chi connectivity index (χ4n) is 1.99. The summed E-state index contributed by atoms with van der Waals surface area (Å²) in [6.07, 6.45) is 2.91. The van der Waals surface area contributed by atoms with Gasteiger partial charge in [0.05, 0.1) is 0 Å². The Morgan fingerprint density at radius 3 is 2.75 bits per heavy atom. The first-order chi connectivity index (χ1) is 7.69. The maximum atomic E-state index is 13.6. The molecule has 0 aromatic heterocycles. The van der Waals surface area contributed by atoms with Crippen LogP contribution in [0.3, 0.4) is 0 Å². The van der Waals surface area contributed by atoms with Gasteiger partial charge in [0.15, 0.2) is 0 Å². The van der Waals surface area contributed by atoms with Gasteiger partial charge in [0, 0.05) is 10.6 Å². The van der Waals surface area contributed by atoms with Crippen LogP contribution in [-0.2, 0) is 6.42 Å². The van der Waals surface area contributed by atoms with Crippen LogP contribution >= 0.6 is 11.6 Å². The number of halogens is 2. The SMILES string of the molecule is CCCC(CNC)Cc1c(F)cccc1Cl. The van der Waals surface area contributed by atoms with Crippen molar-refractivity contribution in [2.45, 2.75) is 26.2 Å². The minimum Gasteiger partial charge on any atom is -0.319 e. The van der Waals surface area contributed by atoms with Crippen LogP contribution in [0.25, 0.3) is 0 Å². The van der Waals surface area contributed by atoms with Crippen LogP contribution in [0.4, 0.5) is 4.39 Å². The van der Waals surface area contributed by atoms with Gasteiger partial charge >= 0.3 is 0 Å². The quantitative estimate of drug-likeness (QED) is 0.804. The van der Waals surface area contributed by atoms with E-state index in [1.165, 1.54) is 6.07 Å². The molecule has 3 heteroatoms. The Morgan fingerprint density at radius 2 is 2.19 bits per heavy atom. The van der Waals surface area contributed by atoms with Gasteiger partial charge in [0.25, 0.3) is 0 Å². The summed E-state index contributed by atoms with van der Waals surface area (Å²) in [6, 6.07) is 4.88. The average Bonchev–Trinajstić information content (AvgIpc) is 2.24. The predicted octanol–water partition coefficient (Wildman–Crippen LogP) is 3.66. The Kier molecular flexibility index (Phi) is 5.78. The van der Waals surface area contributed by atoms with E-state index in [-0.39, 0.29) is 5.82 Å². The highest BCUT2D eigenvalue weighted by Gasteiger charge is 2.13. The molecule has 1 rings (SSSR count). The monoisotopic (exact) mass is 243 g/mol. The molecule has 1 nitrogen and oxygen atoms in total. The lowest BCUT2D eigenvalue weighted by Crippen LogP contribution is -2.21. The molecule has 0 bridgehead atoms. The van der Waals surface area contributed by atoms with E-state index < -0.39 is 0 Å². The van der Waals surface area contributed by atoms with Gasteiger partial charge < -0.3 is 5.32 Å². The van der Waals surface area contributed by atoms with Gasteiger partial charge in [-0.2, -0.15) is 0 Å². The van der Waals surface area contributed by atoms with Crippen LogP contribution in [0.1, 0.15) is 25.3 Å². The van der Waals surface area contributed by atoms with Crippen molar-refractivity contribution in [1.82, 2.24) is 5.32 Å². The van der Waals surface area contributed by atoms with E-state index in [2.05, 4.69) is 12.2 Å². The van der Waals surface area contributed by atoms with E-state index in [0.29, 0.717) is 22.9 Å². The molecule has 0 saturated carbocycles. The first-order valence-electron chi connectivity index (χ1n) is 5.76. The molecule has 1 aromatic carbocycles. The fraction of sp³-hybridized carbons (Fsp3) is 0.538. The summed E-state index contributed by atoms with van der Waals surface area (Å²) < 4.78 is 13.6. The zero-order valence-corrected chi connectivity index (χ0v) is 10.6. The smallest absolute Gasteiger partial charge is 0.127 e. The molecule has 1 N–H and O–H groups in total. The summed E-state index contributed by atoms with van der Waals surface area (Å²) in [7, 11) is 1.92. The third kappa shape index (κ3) is 3.76. The van der Waals surface area contributed by atoms with Crippen molar-refractivity contribution < 1.29 is 4.39 Å². The van der Waals surface area contributed by atoms with Crippen LogP contribution in [0.5, 0.6) is 0 Å². The summed E-state index contributed by atoms with van der Waals surface area (Å²) in [5.74, 6) is 0.258. The van der Waals surface area contributed by atoms with E-state index in [0.717, 1.165) is 19.4 Å². The van der Waals surface area contributed by atoms with Crippen LogP contribution < -0.4 is 5.32 Å². The average molecular weight is 244 g/mol. The topological polar surface area (TPSA) is 12.0 Å². The zero-order chi connectivity index (χ0) is 12.0. The lowest BCUT2D eigenvalue weighted by atomic mass is 9.94. The van der Waals surface area contributed by atoms with Crippen molar-refractivity contribution in [3.05, 3.63) is 34.6 Å². The highest BCUT2D eigenvalue weighted by molar-refractivity contribution is 6.31. The zero-order valence-electron chi connectivity index (χ0n) is 9.89. The van der Waals surface area contributed by atoms with Gasteiger partial charge in [-0.05, 0) is 44.5 Å². The Bertz CT molecular complexity index is 301. The van der Waals surface area contributed by atoms with Crippen LogP contribution in [-0.4, -0.2) is 13.6 Å². The number of hydrogen-bond donors (Lipinski definition) is 1. The highest BCUT2D eigenvalue weighted by Crippen LogP contribution is 2.23. The summed E-state index contributed by atoms with van der Waals surface area (Å²) in [4.78, 5) is 0. The van der Waals surface area contributed by atoms with E-state index >= 15 is 0 Å². The molecule has 1 unspecified atom stereocenters. The maximum absolute atomic E-state index is 13.6. The third-order valence-electron chi connectivity index (χ3n) is 2.74. The van der Waals surface area contributed by atoms with Crippen molar-refractivity contribution in [3.63, 3.8) is 0 Å². The number of hydrogen-bond acceptors (Lipinski definition) is 1. The van der Waals surface area contributed by atoms with Crippen molar-refractivity contribution in [1.29, 1.82) is 0 Å². The van der Waals surface area contributed by atoms with E-state index in [9.17, 15) is 4.39 Å². The largest absolute Gasteiger partial charge is 0.319 e. The second-order valence-corrected chi connectivity index (χ2v) is 4.52. The molecule has 0 saturated heterocycles. The minimum atomic E-state index is -0.190. The third-order valence-corrected chi connectivity index (χ3v) is 3.10. The lowest BCUT2D eigenvalue weighted by molar-refractivity contribution is 0.447. The number of benzene rings is 1. The van der Waals surface area contributed by atoms with Gasteiger partial charge in [0.2, 0.25) is 0 Å². The van der Waals surface area contributed by atoms with E-state index in [1.54, 1.807) is 12.1 Å². The molecule has 90 valence electrons. The van der Waals surface area contributed by atoms with Crippen LogP contribution in [0.15, 0.2) is 18.2 Å².